The Balaban J connectivity index is 1.55. The summed E-state index contributed by atoms with van der Waals surface area (Å²) in [7, 11) is 0. The molecule has 1 spiro atoms. The normalized spacial score (nSPS) is 22.0. The highest BCUT2D eigenvalue weighted by atomic mass is 32.1. The van der Waals surface area contributed by atoms with Gasteiger partial charge < -0.3 is 10.1 Å². The van der Waals surface area contributed by atoms with E-state index in [-0.39, 0.29) is 18.7 Å². The van der Waals surface area contributed by atoms with Crippen molar-refractivity contribution in [3.63, 3.8) is 0 Å². The summed E-state index contributed by atoms with van der Waals surface area (Å²) in [6.07, 6.45) is 2.49. The van der Waals surface area contributed by atoms with Gasteiger partial charge in [0, 0.05) is 24.3 Å². The van der Waals surface area contributed by atoms with Crippen molar-refractivity contribution >= 4 is 40.2 Å². The third kappa shape index (κ3) is 2.53. The lowest BCUT2D eigenvalue weighted by atomic mass is 9.75. The summed E-state index contributed by atoms with van der Waals surface area (Å²) in [5.41, 5.74) is 0.717. The third-order valence-electron chi connectivity index (χ3n) is 6.29. The molecule has 3 aliphatic rings. The summed E-state index contributed by atoms with van der Waals surface area (Å²) in [5, 5.41) is 6.63. The largest absolute Gasteiger partial charge is 0.381 e. The van der Waals surface area contributed by atoms with Crippen molar-refractivity contribution in [3.05, 3.63) is 40.6 Å². The van der Waals surface area contributed by atoms with Crippen LogP contribution in [0.1, 0.15) is 37.7 Å². The molecule has 2 fully saturated rings. The van der Waals surface area contributed by atoms with Gasteiger partial charge >= 0.3 is 0 Å². The zero-order valence-corrected chi connectivity index (χ0v) is 16.2. The molecule has 5 rings (SSSR count). The first-order chi connectivity index (χ1) is 13.5. The molecule has 28 heavy (non-hydrogen) atoms. The van der Waals surface area contributed by atoms with E-state index in [0.29, 0.717) is 31.7 Å². The predicted octanol–water partition coefficient (Wildman–Crippen LogP) is 4.31. The minimum atomic E-state index is -1.76. The van der Waals surface area contributed by atoms with E-state index in [1.807, 2.05) is 29.0 Å². The molecule has 2 aliphatic heterocycles. The van der Waals surface area contributed by atoms with E-state index in [0.717, 1.165) is 23.4 Å². The number of halogens is 1. The first kappa shape index (κ1) is 17.8. The second kappa shape index (κ2) is 6.39. The lowest BCUT2D eigenvalue weighted by molar-refractivity contribution is -0.132. The zero-order chi connectivity index (χ0) is 19.4. The first-order valence-electron chi connectivity index (χ1n) is 9.63. The molecule has 2 amide bonds. The number of alkyl halides is 1. The van der Waals surface area contributed by atoms with E-state index in [4.69, 9.17) is 4.74 Å². The fourth-order valence-corrected chi connectivity index (χ4v) is 5.05. The van der Waals surface area contributed by atoms with Crippen molar-refractivity contribution in [3.8, 4) is 0 Å². The van der Waals surface area contributed by atoms with Crippen molar-refractivity contribution < 1.29 is 18.7 Å². The zero-order valence-electron chi connectivity index (χ0n) is 15.4. The van der Waals surface area contributed by atoms with E-state index in [2.05, 4.69) is 5.32 Å². The van der Waals surface area contributed by atoms with Gasteiger partial charge in [0.15, 0.2) is 5.67 Å². The molecule has 1 aliphatic carbocycles. The van der Waals surface area contributed by atoms with Crippen LogP contribution in [0.4, 0.5) is 21.5 Å². The Labute approximate surface area is 166 Å². The van der Waals surface area contributed by atoms with Crippen molar-refractivity contribution in [1.82, 2.24) is 0 Å². The molecule has 0 bridgehead atoms. The summed E-state index contributed by atoms with van der Waals surface area (Å²) >= 11 is 1.54. The number of benzene rings is 1. The highest BCUT2D eigenvalue weighted by Gasteiger charge is 2.52. The van der Waals surface area contributed by atoms with Crippen LogP contribution in [0.15, 0.2) is 35.0 Å². The van der Waals surface area contributed by atoms with Gasteiger partial charge in [0.1, 0.15) is 0 Å². The van der Waals surface area contributed by atoms with Crippen molar-refractivity contribution in [1.29, 1.82) is 0 Å². The minimum Gasteiger partial charge on any atom is -0.381 e. The topological polar surface area (TPSA) is 58.6 Å². The molecular formula is C21H21FN2O3S. The number of fused-ring (bicyclic) bond motifs is 2. The second-order valence-corrected chi connectivity index (χ2v) is 8.60. The van der Waals surface area contributed by atoms with E-state index in [1.54, 1.807) is 22.3 Å². The summed E-state index contributed by atoms with van der Waals surface area (Å²) < 4.78 is 19.9. The fourth-order valence-electron chi connectivity index (χ4n) is 4.43. The van der Waals surface area contributed by atoms with E-state index >= 15 is 0 Å². The molecule has 3 heterocycles. The van der Waals surface area contributed by atoms with Crippen LogP contribution in [0.5, 0.6) is 0 Å². The number of carbonyl (C=O) groups is 2. The Hall–Kier alpha value is -2.25. The summed E-state index contributed by atoms with van der Waals surface area (Å²) in [5.74, 6) is -0.535. The SMILES string of the molecule is O=C(Nc1ccc2c(c1)C1(CCOCC1)C(=O)N2c1ccsc1)C1(F)CCC1. The molecule has 1 aromatic heterocycles. The summed E-state index contributed by atoms with van der Waals surface area (Å²) in [4.78, 5) is 27.6. The van der Waals surface area contributed by atoms with Gasteiger partial charge in [-0.3, -0.25) is 14.5 Å². The van der Waals surface area contributed by atoms with Crippen LogP contribution in [0.3, 0.4) is 0 Å². The lowest BCUT2D eigenvalue weighted by Gasteiger charge is -2.33. The predicted molar refractivity (Wildman–Crippen MR) is 106 cm³/mol. The molecule has 146 valence electrons. The smallest absolute Gasteiger partial charge is 0.262 e. The van der Waals surface area contributed by atoms with Crippen LogP contribution >= 0.6 is 11.3 Å². The van der Waals surface area contributed by atoms with Crippen LogP contribution in [-0.2, 0) is 19.7 Å². The van der Waals surface area contributed by atoms with Gasteiger partial charge in [0.2, 0.25) is 5.91 Å². The quantitative estimate of drug-likeness (QED) is 0.835. The Bertz CT molecular complexity index is 933. The van der Waals surface area contributed by atoms with Crippen LogP contribution in [0, 0.1) is 0 Å². The van der Waals surface area contributed by atoms with Gasteiger partial charge in [-0.1, -0.05) is 0 Å². The number of ether oxygens (including phenoxy) is 1. The number of nitrogens with one attached hydrogen (secondary N) is 1. The van der Waals surface area contributed by atoms with Gasteiger partial charge in [0.05, 0.1) is 16.8 Å². The lowest BCUT2D eigenvalue weighted by Crippen LogP contribution is -2.44. The van der Waals surface area contributed by atoms with Crippen LogP contribution < -0.4 is 10.2 Å². The standard InChI is InChI=1S/C21H21FN2O3S/c22-21(5-1-6-21)18(25)23-14-2-3-17-16(12-14)20(7-9-27-10-8-20)19(26)24(17)15-4-11-28-13-15/h2-4,11-13H,1,5-10H2,(H,23,25). The Morgan fingerprint density at radius 3 is 2.61 bits per heavy atom. The molecule has 1 saturated carbocycles. The second-order valence-electron chi connectivity index (χ2n) is 7.82. The average molecular weight is 400 g/mol. The third-order valence-corrected chi connectivity index (χ3v) is 6.96. The number of carbonyl (C=O) groups excluding carboxylic acids is 2. The molecule has 1 saturated heterocycles. The molecule has 0 radical (unpaired) electrons. The molecule has 1 N–H and O–H groups in total. The molecule has 0 unspecified atom stereocenters. The van der Waals surface area contributed by atoms with Gasteiger partial charge in [-0.05, 0) is 67.3 Å². The minimum absolute atomic E-state index is 0.0497. The van der Waals surface area contributed by atoms with Gasteiger partial charge in [-0.2, -0.15) is 11.3 Å². The van der Waals surface area contributed by atoms with Crippen LogP contribution in [-0.4, -0.2) is 30.7 Å². The molecule has 1 aromatic carbocycles. The molecule has 2 aromatic rings. The van der Waals surface area contributed by atoms with E-state index < -0.39 is 17.0 Å². The maximum absolute atomic E-state index is 14.4. The molecular weight excluding hydrogens is 379 g/mol. The number of thiophene rings is 1. The van der Waals surface area contributed by atoms with E-state index in [1.165, 1.54) is 0 Å². The maximum atomic E-state index is 14.4. The number of rotatable bonds is 3. The summed E-state index contributed by atoms with van der Waals surface area (Å²) in [6.45, 7) is 1.04. The Kier molecular flexibility index (Phi) is 4.07. The van der Waals surface area contributed by atoms with Crippen molar-refractivity contribution in [2.24, 2.45) is 0 Å². The average Bonchev–Trinajstić information content (AvgIpc) is 3.28. The van der Waals surface area contributed by atoms with Crippen LogP contribution in [0.2, 0.25) is 0 Å². The van der Waals surface area contributed by atoms with Gasteiger partial charge in [-0.15, -0.1) is 0 Å². The van der Waals surface area contributed by atoms with Gasteiger partial charge in [-0.25, -0.2) is 4.39 Å². The van der Waals surface area contributed by atoms with Crippen molar-refractivity contribution in [2.75, 3.05) is 23.4 Å². The number of hydrogen-bond acceptors (Lipinski definition) is 4. The maximum Gasteiger partial charge on any atom is 0.262 e. The number of hydrogen-bond donors (Lipinski definition) is 1. The van der Waals surface area contributed by atoms with Crippen LogP contribution in [0.25, 0.3) is 0 Å². The number of nitrogens with zero attached hydrogens (tertiary/aromatic N) is 1. The number of amides is 2. The highest BCUT2D eigenvalue weighted by molar-refractivity contribution is 7.08. The Morgan fingerprint density at radius 2 is 1.96 bits per heavy atom. The summed E-state index contributed by atoms with van der Waals surface area (Å²) in [6, 6.07) is 7.40. The Morgan fingerprint density at radius 1 is 1.18 bits per heavy atom. The monoisotopic (exact) mass is 400 g/mol. The number of anilines is 3. The highest BCUT2D eigenvalue weighted by Crippen LogP contribution is 2.51. The molecule has 7 heteroatoms. The van der Waals surface area contributed by atoms with E-state index in [9.17, 15) is 14.0 Å². The first-order valence-corrected chi connectivity index (χ1v) is 10.6. The van der Waals surface area contributed by atoms with Crippen molar-refractivity contribution in [2.45, 2.75) is 43.2 Å². The fraction of sp³-hybridized carbons (Fsp3) is 0.429. The molecule has 0 atom stereocenters. The molecule has 5 nitrogen and oxygen atoms in total. The van der Waals surface area contributed by atoms with Gasteiger partial charge in [0.25, 0.3) is 5.91 Å².